The van der Waals surface area contributed by atoms with Crippen molar-refractivity contribution in [3.8, 4) is 11.3 Å². The lowest BCUT2D eigenvalue weighted by Crippen LogP contribution is -2.49. The van der Waals surface area contributed by atoms with Crippen LogP contribution in [-0.4, -0.2) is 105 Å². The first-order chi connectivity index (χ1) is 21.9. The van der Waals surface area contributed by atoms with E-state index in [2.05, 4.69) is 9.82 Å². The van der Waals surface area contributed by atoms with Crippen LogP contribution in [0.1, 0.15) is 34.1 Å². The van der Waals surface area contributed by atoms with E-state index in [1.807, 2.05) is 9.80 Å². The molecule has 3 heterocycles. The van der Waals surface area contributed by atoms with Crippen LogP contribution in [0.5, 0.6) is 0 Å². The van der Waals surface area contributed by atoms with E-state index in [-0.39, 0.29) is 32.0 Å². The summed E-state index contributed by atoms with van der Waals surface area (Å²) in [6.45, 7) is 3.95. The minimum absolute atomic E-state index is 0.0144. The van der Waals surface area contributed by atoms with Crippen molar-refractivity contribution in [2.24, 2.45) is 0 Å². The van der Waals surface area contributed by atoms with Gasteiger partial charge in [0, 0.05) is 74.6 Å². The van der Waals surface area contributed by atoms with Gasteiger partial charge in [-0.1, -0.05) is 18.2 Å². The number of aliphatic hydroxyl groups is 1. The maximum absolute atomic E-state index is 13.2. The lowest BCUT2D eigenvalue weighted by Gasteiger charge is -2.38. The molecule has 0 radical (unpaired) electrons. The number of sulfonamides is 2. The number of piperazine rings is 1. The lowest BCUT2D eigenvalue weighted by atomic mass is 10.0. The number of alkyl halides is 3. The smallest absolute Gasteiger partial charge is 0.390 e. The topological polar surface area (TPSA) is 145 Å². The monoisotopic (exact) mass is 698 g/mol. The largest absolute Gasteiger partial charge is 0.416 e. The summed E-state index contributed by atoms with van der Waals surface area (Å²) in [4.78, 5) is 16.4. The van der Waals surface area contributed by atoms with Crippen molar-refractivity contribution in [3.05, 3.63) is 64.8 Å². The van der Waals surface area contributed by atoms with Crippen molar-refractivity contribution in [2.45, 2.75) is 38.7 Å². The number of benzene rings is 2. The van der Waals surface area contributed by atoms with Crippen LogP contribution in [-0.2, 0) is 45.7 Å². The quantitative estimate of drug-likeness (QED) is 0.306. The van der Waals surface area contributed by atoms with E-state index in [1.54, 1.807) is 22.9 Å². The predicted molar refractivity (Wildman–Crippen MR) is 171 cm³/mol. The molecule has 1 fully saturated rings. The Hall–Kier alpha value is -3.51. The lowest BCUT2D eigenvalue weighted by molar-refractivity contribution is -0.137. The van der Waals surface area contributed by atoms with E-state index >= 15 is 0 Å². The van der Waals surface area contributed by atoms with Gasteiger partial charge in [0.05, 0.1) is 47.8 Å². The summed E-state index contributed by atoms with van der Waals surface area (Å²) in [5.74, 6) is -0.201. The maximum Gasteiger partial charge on any atom is 0.416 e. The number of anilines is 2. The molecule has 3 aromatic rings. The third kappa shape index (κ3) is 8.14. The number of aromatic nitrogens is 2. The van der Waals surface area contributed by atoms with Crippen molar-refractivity contribution >= 4 is 37.2 Å². The summed E-state index contributed by atoms with van der Waals surface area (Å²) in [6, 6.07) is 9.43. The zero-order chi connectivity index (χ0) is 34.3. The molecule has 2 aliphatic heterocycles. The number of aliphatic hydroxyl groups excluding tert-OH is 1. The van der Waals surface area contributed by atoms with Crippen LogP contribution in [0.25, 0.3) is 11.3 Å². The normalized spacial score (nSPS) is 17.4. The molecule has 0 spiro atoms. The van der Waals surface area contributed by atoms with E-state index in [0.717, 1.165) is 30.3 Å². The zero-order valence-electron chi connectivity index (χ0n) is 26.2. The number of carbonyl (C=O) groups is 1. The van der Waals surface area contributed by atoms with Gasteiger partial charge in [0.25, 0.3) is 0 Å². The van der Waals surface area contributed by atoms with Crippen LogP contribution in [0.4, 0.5) is 24.5 Å². The molecule has 0 bridgehead atoms. The molecule has 1 unspecified atom stereocenters. The molecule has 256 valence electrons. The fourth-order valence-electron chi connectivity index (χ4n) is 6.11. The van der Waals surface area contributed by atoms with Crippen molar-refractivity contribution in [1.82, 2.24) is 19.0 Å². The van der Waals surface area contributed by atoms with Crippen molar-refractivity contribution < 1.29 is 39.9 Å². The first kappa shape index (κ1) is 34.8. The Morgan fingerprint density at radius 3 is 2.21 bits per heavy atom. The van der Waals surface area contributed by atoms with Crippen molar-refractivity contribution in [2.75, 3.05) is 61.4 Å². The van der Waals surface area contributed by atoms with Crippen LogP contribution in [0.3, 0.4) is 0 Å². The van der Waals surface area contributed by atoms with E-state index in [9.17, 15) is 39.9 Å². The zero-order valence-corrected chi connectivity index (χ0v) is 27.8. The fraction of sp³-hybridized carbons (Fsp3) is 0.467. The van der Waals surface area contributed by atoms with Gasteiger partial charge < -0.3 is 10.0 Å². The van der Waals surface area contributed by atoms with Gasteiger partial charge in [-0.3, -0.25) is 19.1 Å². The molecule has 2 aliphatic rings. The Bertz CT molecular complexity index is 1860. The summed E-state index contributed by atoms with van der Waals surface area (Å²) in [5.41, 5.74) is 2.49. The molecule has 5 rings (SSSR count). The minimum atomic E-state index is -4.51. The number of carbonyl (C=O) groups excluding carboxylic acids is 1. The number of para-hydroxylation sites is 1. The summed E-state index contributed by atoms with van der Waals surface area (Å²) >= 11 is 0. The molecule has 1 atom stereocenters. The number of β-amino-alcohol motifs (C(OH)–C–C–N with tert-alkyl or cyclic N) is 1. The number of hydrogen-bond acceptors (Lipinski definition) is 9. The van der Waals surface area contributed by atoms with E-state index in [4.69, 9.17) is 0 Å². The molecule has 12 nitrogen and oxygen atoms in total. The van der Waals surface area contributed by atoms with E-state index < -0.39 is 37.9 Å². The van der Waals surface area contributed by atoms with Gasteiger partial charge in [-0.2, -0.15) is 22.6 Å². The average Bonchev–Trinajstić information content (AvgIpc) is 3.33. The Labute approximate surface area is 271 Å². The Morgan fingerprint density at radius 2 is 1.64 bits per heavy atom. The van der Waals surface area contributed by atoms with Gasteiger partial charge in [0.15, 0.2) is 5.78 Å². The first-order valence-corrected chi connectivity index (χ1v) is 18.6. The van der Waals surface area contributed by atoms with Crippen LogP contribution in [0.15, 0.2) is 42.5 Å². The molecule has 0 amide bonds. The SMILES string of the molecule is CC(=O)c1cccc(NS(C)(=O)=O)c1N1CCN(CC(O)Cn2nc(-c3ccc(C(F)(F)F)cc3)c3c2CCN(S(C)(=O)=O)C3)CC1. The van der Waals surface area contributed by atoms with Crippen molar-refractivity contribution in [3.63, 3.8) is 0 Å². The Kier molecular flexibility index (Phi) is 9.76. The van der Waals surface area contributed by atoms with Crippen molar-refractivity contribution in [1.29, 1.82) is 0 Å². The number of ketones is 1. The Balaban J connectivity index is 1.32. The second-order valence-electron chi connectivity index (χ2n) is 12.0. The predicted octanol–water partition coefficient (Wildman–Crippen LogP) is 2.64. The molecule has 1 aromatic heterocycles. The molecular formula is C30H37F3N6O6S2. The molecule has 0 aliphatic carbocycles. The number of Topliss-reactive ketones (excluding diaryl/α,β-unsaturated/α-hetero) is 1. The summed E-state index contributed by atoms with van der Waals surface area (Å²) in [5, 5.41) is 15.8. The average molecular weight is 699 g/mol. The number of nitrogens with zero attached hydrogens (tertiary/aromatic N) is 5. The highest BCUT2D eigenvalue weighted by molar-refractivity contribution is 7.92. The maximum atomic E-state index is 13.2. The van der Waals surface area contributed by atoms with Gasteiger partial charge in [-0.05, 0) is 31.2 Å². The molecule has 2 N–H and O–H groups in total. The molecule has 47 heavy (non-hydrogen) atoms. The fourth-order valence-corrected chi connectivity index (χ4v) is 7.46. The van der Waals surface area contributed by atoms with E-state index in [1.165, 1.54) is 23.4 Å². The second-order valence-corrected chi connectivity index (χ2v) is 15.7. The number of rotatable bonds is 10. The number of nitrogens with one attached hydrogen (secondary N) is 1. The molecule has 1 saturated heterocycles. The Morgan fingerprint density at radius 1 is 0.979 bits per heavy atom. The highest BCUT2D eigenvalue weighted by atomic mass is 32.2. The third-order valence-electron chi connectivity index (χ3n) is 8.31. The highest BCUT2D eigenvalue weighted by Crippen LogP contribution is 2.35. The molecule has 17 heteroatoms. The van der Waals surface area contributed by atoms with Gasteiger partial charge in [-0.25, -0.2) is 16.8 Å². The van der Waals surface area contributed by atoms with Gasteiger partial charge in [0.1, 0.15) is 0 Å². The first-order valence-electron chi connectivity index (χ1n) is 14.9. The van der Waals surface area contributed by atoms with Gasteiger partial charge >= 0.3 is 6.18 Å². The summed E-state index contributed by atoms with van der Waals surface area (Å²) in [7, 11) is -7.13. The summed E-state index contributed by atoms with van der Waals surface area (Å²) < 4.78 is 93.6. The second kappa shape index (κ2) is 13.2. The minimum Gasteiger partial charge on any atom is -0.390 e. The number of fused-ring (bicyclic) bond motifs is 1. The number of hydrogen-bond donors (Lipinski definition) is 2. The van der Waals surface area contributed by atoms with Crippen LogP contribution < -0.4 is 9.62 Å². The van der Waals surface area contributed by atoms with E-state index in [0.29, 0.717) is 66.4 Å². The van der Waals surface area contributed by atoms with Crippen LogP contribution in [0.2, 0.25) is 0 Å². The van der Waals surface area contributed by atoms with Gasteiger partial charge in [0.2, 0.25) is 20.0 Å². The van der Waals surface area contributed by atoms with Gasteiger partial charge in [-0.15, -0.1) is 0 Å². The standard InChI is InChI=1S/C30H37F3N6O6S2/c1-20(40)24-5-4-6-26(35-46(2,42)43)29(24)37-15-13-36(14-16-37)17-23(41)18-39-27-11-12-38(47(3,44)45)19-25(27)28(34-39)21-7-9-22(10-8-21)30(31,32)33/h4-10,23,35,41H,11-19H2,1-3H3. The highest BCUT2D eigenvalue weighted by Gasteiger charge is 2.33. The molecule has 2 aromatic carbocycles. The number of halogens is 3. The van der Waals surface area contributed by atoms with Crippen LogP contribution in [0, 0.1) is 0 Å². The molecular weight excluding hydrogens is 661 g/mol. The van der Waals surface area contributed by atoms with Crippen LogP contribution >= 0.6 is 0 Å². The third-order valence-corrected chi connectivity index (χ3v) is 10.1. The summed E-state index contributed by atoms with van der Waals surface area (Å²) in [6.07, 6.45) is -2.93. The molecule has 0 saturated carbocycles.